The standard InChI is InChI=1S/C20H26N2O3S/c1-15-10-12-19(13-11-15)22(26(4,24)25)17(3)20(23)21-14-16(2)18-8-6-5-7-9-18/h5-13,16-17H,14H2,1-4H3,(H,21,23)/t16-,17+/m0/s1. The molecular formula is C20H26N2O3S. The van der Waals surface area contributed by atoms with Crippen LogP contribution in [0.15, 0.2) is 54.6 Å². The lowest BCUT2D eigenvalue weighted by Gasteiger charge is -2.28. The average Bonchev–Trinajstić information content (AvgIpc) is 2.60. The van der Waals surface area contributed by atoms with Crippen LogP contribution in [0.1, 0.15) is 30.9 Å². The lowest BCUT2D eigenvalue weighted by molar-refractivity contribution is -0.121. The van der Waals surface area contributed by atoms with Gasteiger partial charge in [0.2, 0.25) is 15.9 Å². The third kappa shape index (κ3) is 5.08. The summed E-state index contributed by atoms with van der Waals surface area (Å²) in [7, 11) is -3.59. The Kier molecular flexibility index (Phi) is 6.42. The largest absolute Gasteiger partial charge is 0.354 e. The van der Waals surface area contributed by atoms with Crippen LogP contribution in [0.2, 0.25) is 0 Å². The molecule has 2 atom stereocenters. The summed E-state index contributed by atoms with van der Waals surface area (Å²) in [5, 5.41) is 2.87. The molecule has 0 bridgehead atoms. The minimum Gasteiger partial charge on any atom is -0.354 e. The van der Waals surface area contributed by atoms with Crippen LogP contribution < -0.4 is 9.62 Å². The SMILES string of the molecule is Cc1ccc(N([C@H](C)C(=O)NC[C@H](C)c2ccccc2)S(C)(=O)=O)cc1. The summed E-state index contributed by atoms with van der Waals surface area (Å²) in [5.74, 6) is -0.183. The van der Waals surface area contributed by atoms with Crippen molar-refractivity contribution in [3.8, 4) is 0 Å². The summed E-state index contributed by atoms with van der Waals surface area (Å²) < 4.78 is 25.7. The number of nitrogens with one attached hydrogen (secondary N) is 1. The summed E-state index contributed by atoms with van der Waals surface area (Å²) in [6.07, 6.45) is 1.11. The number of sulfonamides is 1. The number of rotatable bonds is 7. The second-order valence-corrected chi connectivity index (χ2v) is 8.49. The summed E-state index contributed by atoms with van der Waals surface area (Å²) in [5.41, 5.74) is 2.63. The second-order valence-electron chi connectivity index (χ2n) is 6.63. The molecule has 0 saturated heterocycles. The van der Waals surface area contributed by atoms with E-state index in [4.69, 9.17) is 0 Å². The predicted molar refractivity (Wildman–Crippen MR) is 106 cm³/mol. The van der Waals surface area contributed by atoms with Gasteiger partial charge in [0.15, 0.2) is 0 Å². The van der Waals surface area contributed by atoms with Crippen molar-refractivity contribution < 1.29 is 13.2 Å². The second kappa shape index (κ2) is 8.36. The molecule has 26 heavy (non-hydrogen) atoms. The Bertz CT molecular complexity index is 833. The van der Waals surface area contributed by atoms with Crippen molar-refractivity contribution in [2.75, 3.05) is 17.1 Å². The zero-order valence-electron chi connectivity index (χ0n) is 15.6. The Balaban J connectivity index is 2.11. The van der Waals surface area contributed by atoms with Crippen molar-refractivity contribution in [3.63, 3.8) is 0 Å². The molecule has 0 aromatic heterocycles. The number of nitrogens with zero attached hydrogens (tertiary/aromatic N) is 1. The Morgan fingerprint density at radius 2 is 1.62 bits per heavy atom. The van der Waals surface area contributed by atoms with Gasteiger partial charge < -0.3 is 5.32 Å². The molecule has 2 aromatic carbocycles. The number of amides is 1. The Labute approximate surface area is 156 Å². The van der Waals surface area contributed by atoms with Crippen molar-refractivity contribution in [2.24, 2.45) is 0 Å². The van der Waals surface area contributed by atoms with Crippen molar-refractivity contribution in [3.05, 3.63) is 65.7 Å². The highest BCUT2D eigenvalue weighted by atomic mass is 32.2. The van der Waals surface area contributed by atoms with Crippen LogP contribution in [0.25, 0.3) is 0 Å². The van der Waals surface area contributed by atoms with Gasteiger partial charge in [0.25, 0.3) is 0 Å². The lowest BCUT2D eigenvalue weighted by Crippen LogP contribution is -2.48. The van der Waals surface area contributed by atoms with Crippen LogP contribution in [-0.2, 0) is 14.8 Å². The summed E-state index contributed by atoms with van der Waals surface area (Å²) in [6, 6.07) is 16.1. The molecule has 1 amide bonds. The van der Waals surface area contributed by atoms with E-state index in [9.17, 15) is 13.2 Å². The van der Waals surface area contributed by atoms with Gasteiger partial charge in [-0.05, 0) is 37.5 Å². The van der Waals surface area contributed by atoms with Crippen molar-refractivity contribution in [1.29, 1.82) is 0 Å². The normalized spacial score (nSPS) is 13.7. The molecular weight excluding hydrogens is 348 g/mol. The van der Waals surface area contributed by atoms with Crippen molar-refractivity contribution in [2.45, 2.75) is 32.7 Å². The highest BCUT2D eigenvalue weighted by molar-refractivity contribution is 7.92. The number of carbonyl (C=O) groups is 1. The number of hydrogen-bond acceptors (Lipinski definition) is 3. The smallest absolute Gasteiger partial charge is 0.243 e. The fourth-order valence-corrected chi connectivity index (χ4v) is 3.98. The predicted octanol–water partition coefficient (Wildman–Crippen LogP) is 3.07. The highest BCUT2D eigenvalue weighted by Crippen LogP contribution is 2.21. The number of anilines is 1. The van der Waals surface area contributed by atoms with E-state index in [0.717, 1.165) is 21.7 Å². The van der Waals surface area contributed by atoms with Crippen LogP contribution in [0.5, 0.6) is 0 Å². The van der Waals surface area contributed by atoms with Crippen LogP contribution in [0.3, 0.4) is 0 Å². The van der Waals surface area contributed by atoms with E-state index >= 15 is 0 Å². The maximum absolute atomic E-state index is 12.6. The molecule has 0 spiro atoms. The lowest BCUT2D eigenvalue weighted by atomic mass is 10.0. The summed E-state index contributed by atoms with van der Waals surface area (Å²) >= 11 is 0. The van der Waals surface area contributed by atoms with E-state index in [1.54, 1.807) is 19.1 Å². The van der Waals surface area contributed by atoms with Crippen LogP contribution in [0.4, 0.5) is 5.69 Å². The molecule has 0 heterocycles. The minimum atomic E-state index is -3.59. The number of benzene rings is 2. The molecule has 1 N–H and O–H groups in total. The quantitative estimate of drug-likeness (QED) is 0.810. The maximum Gasteiger partial charge on any atom is 0.243 e. The molecule has 0 radical (unpaired) electrons. The van der Waals surface area contributed by atoms with Gasteiger partial charge in [0.1, 0.15) is 6.04 Å². The number of aryl methyl sites for hydroxylation is 1. The first-order chi connectivity index (χ1) is 12.2. The molecule has 0 aliphatic heterocycles. The van der Waals surface area contributed by atoms with Crippen LogP contribution in [-0.4, -0.2) is 33.2 Å². The molecule has 2 aromatic rings. The van der Waals surface area contributed by atoms with Gasteiger partial charge in [-0.1, -0.05) is 55.0 Å². The van der Waals surface area contributed by atoms with E-state index in [2.05, 4.69) is 5.32 Å². The molecule has 6 heteroatoms. The molecule has 0 unspecified atom stereocenters. The van der Waals surface area contributed by atoms with Gasteiger partial charge in [-0.25, -0.2) is 8.42 Å². The van der Waals surface area contributed by atoms with Crippen molar-refractivity contribution >= 4 is 21.6 Å². The zero-order chi connectivity index (χ0) is 19.3. The maximum atomic E-state index is 12.6. The minimum absolute atomic E-state index is 0.137. The molecule has 0 saturated carbocycles. The first-order valence-electron chi connectivity index (χ1n) is 8.59. The van der Waals surface area contributed by atoms with Crippen molar-refractivity contribution in [1.82, 2.24) is 5.32 Å². The van der Waals surface area contributed by atoms with E-state index in [1.807, 2.05) is 56.3 Å². The molecule has 0 aliphatic carbocycles. The average molecular weight is 375 g/mol. The Hall–Kier alpha value is -2.34. The molecule has 0 fully saturated rings. The molecule has 2 rings (SSSR count). The van der Waals surface area contributed by atoms with E-state index in [1.165, 1.54) is 0 Å². The van der Waals surface area contributed by atoms with E-state index in [0.29, 0.717) is 12.2 Å². The summed E-state index contributed by atoms with van der Waals surface area (Å²) in [6.45, 7) is 5.99. The third-order valence-electron chi connectivity index (χ3n) is 4.33. The topological polar surface area (TPSA) is 66.5 Å². The fraction of sp³-hybridized carbons (Fsp3) is 0.350. The molecule has 140 valence electrons. The first-order valence-corrected chi connectivity index (χ1v) is 10.4. The first kappa shape index (κ1) is 20.0. The number of hydrogen-bond donors (Lipinski definition) is 1. The Morgan fingerprint density at radius 3 is 2.15 bits per heavy atom. The van der Waals surface area contributed by atoms with E-state index < -0.39 is 16.1 Å². The van der Waals surface area contributed by atoms with Gasteiger partial charge in [-0.3, -0.25) is 9.10 Å². The van der Waals surface area contributed by atoms with Gasteiger partial charge >= 0.3 is 0 Å². The van der Waals surface area contributed by atoms with E-state index in [-0.39, 0.29) is 11.8 Å². The van der Waals surface area contributed by atoms with Crippen LogP contribution >= 0.6 is 0 Å². The zero-order valence-corrected chi connectivity index (χ0v) is 16.5. The summed E-state index contributed by atoms with van der Waals surface area (Å²) in [4.78, 5) is 12.6. The molecule has 5 nitrogen and oxygen atoms in total. The van der Waals surface area contributed by atoms with Gasteiger partial charge in [0.05, 0.1) is 11.9 Å². The van der Waals surface area contributed by atoms with Crippen LogP contribution in [0, 0.1) is 6.92 Å². The third-order valence-corrected chi connectivity index (χ3v) is 5.57. The highest BCUT2D eigenvalue weighted by Gasteiger charge is 2.29. The fourth-order valence-electron chi connectivity index (χ4n) is 2.80. The van der Waals surface area contributed by atoms with Gasteiger partial charge in [-0.2, -0.15) is 0 Å². The number of carbonyl (C=O) groups excluding carboxylic acids is 1. The van der Waals surface area contributed by atoms with Gasteiger partial charge in [0, 0.05) is 6.54 Å². The van der Waals surface area contributed by atoms with Gasteiger partial charge in [-0.15, -0.1) is 0 Å². The molecule has 0 aliphatic rings. The Morgan fingerprint density at radius 1 is 1.04 bits per heavy atom. The monoisotopic (exact) mass is 374 g/mol.